The van der Waals surface area contributed by atoms with Gasteiger partial charge in [0.25, 0.3) is 5.56 Å². The molecule has 1 aliphatic heterocycles. The summed E-state index contributed by atoms with van der Waals surface area (Å²) in [5.74, 6) is 0.679. The molecule has 0 bridgehead atoms. The van der Waals surface area contributed by atoms with Gasteiger partial charge in [-0.2, -0.15) is 0 Å². The van der Waals surface area contributed by atoms with Crippen LogP contribution in [0.4, 0.5) is 0 Å². The molecule has 2 heterocycles. The molecule has 232 valence electrons. The average Bonchev–Trinajstić information content (AvgIpc) is 3.39. The average molecular weight is 716 g/mol. The largest absolute Gasteiger partial charge is 0.497 e. The maximum atomic E-state index is 14.3. The smallest absolute Gasteiger partial charge is 0.338 e. The van der Waals surface area contributed by atoms with Crippen molar-refractivity contribution in [3.63, 3.8) is 0 Å². The van der Waals surface area contributed by atoms with E-state index in [9.17, 15) is 9.59 Å². The van der Waals surface area contributed by atoms with Gasteiger partial charge in [-0.15, -0.1) is 0 Å². The highest BCUT2D eigenvalue weighted by Crippen LogP contribution is 2.36. The highest BCUT2D eigenvalue weighted by atomic mass is 79.9. The Morgan fingerprint density at radius 1 is 1.02 bits per heavy atom. The molecule has 4 aromatic carbocycles. The number of benzene rings is 4. The van der Waals surface area contributed by atoms with E-state index >= 15 is 0 Å². The fraction of sp³-hybridized carbons (Fsp3) is 0.139. The van der Waals surface area contributed by atoms with Gasteiger partial charge in [0, 0.05) is 20.6 Å². The molecule has 0 fully saturated rings. The minimum absolute atomic E-state index is 0.169. The zero-order valence-corrected chi connectivity index (χ0v) is 28.1. The zero-order chi connectivity index (χ0) is 32.2. The second-order valence-electron chi connectivity index (χ2n) is 10.3. The lowest BCUT2D eigenvalue weighted by Crippen LogP contribution is -2.40. The summed E-state index contributed by atoms with van der Waals surface area (Å²) in [6.45, 7) is 2.25. The number of carbonyl (C=O) groups excluding carboxylic acids is 1. The van der Waals surface area contributed by atoms with Gasteiger partial charge in [-0.1, -0.05) is 93.5 Å². The molecule has 0 saturated heterocycles. The van der Waals surface area contributed by atoms with Gasteiger partial charge >= 0.3 is 5.97 Å². The Morgan fingerprint density at radius 2 is 1.76 bits per heavy atom. The maximum absolute atomic E-state index is 14.3. The van der Waals surface area contributed by atoms with E-state index in [4.69, 9.17) is 30.8 Å². The molecule has 1 aliphatic rings. The monoisotopic (exact) mass is 714 g/mol. The third-order valence-electron chi connectivity index (χ3n) is 7.37. The van der Waals surface area contributed by atoms with Gasteiger partial charge in [-0.05, 0) is 66.6 Å². The van der Waals surface area contributed by atoms with E-state index in [1.165, 1.54) is 11.3 Å². The van der Waals surface area contributed by atoms with E-state index in [2.05, 4.69) is 15.9 Å². The van der Waals surface area contributed by atoms with Gasteiger partial charge in [0.2, 0.25) is 0 Å². The number of hydrogen-bond donors (Lipinski definition) is 0. The van der Waals surface area contributed by atoms with Gasteiger partial charge in [-0.25, -0.2) is 9.79 Å². The molecule has 6 rings (SSSR count). The highest BCUT2D eigenvalue weighted by molar-refractivity contribution is 9.10. The summed E-state index contributed by atoms with van der Waals surface area (Å²) in [5, 5.41) is 0.502. The van der Waals surface area contributed by atoms with Crippen LogP contribution in [-0.2, 0) is 16.1 Å². The number of esters is 1. The van der Waals surface area contributed by atoms with E-state index in [1.54, 1.807) is 55.0 Å². The molecule has 0 unspecified atom stereocenters. The summed E-state index contributed by atoms with van der Waals surface area (Å²) in [5.41, 5.74) is 3.50. The van der Waals surface area contributed by atoms with Gasteiger partial charge < -0.3 is 14.2 Å². The summed E-state index contributed by atoms with van der Waals surface area (Å²) in [4.78, 5) is 33.3. The number of thiazole rings is 1. The minimum Gasteiger partial charge on any atom is -0.497 e. The summed E-state index contributed by atoms with van der Waals surface area (Å²) in [6, 6.07) is 29.1. The normalized spacial score (nSPS) is 14.4. The number of halogens is 2. The number of fused-ring (bicyclic) bond motifs is 1. The van der Waals surface area contributed by atoms with Crippen LogP contribution in [0.3, 0.4) is 0 Å². The molecule has 7 nitrogen and oxygen atoms in total. The highest BCUT2D eigenvalue weighted by Gasteiger charge is 2.35. The van der Waals surface area contributed by atoms with Gasteiger partial charge in [0.05, 0.1) is 35.6 Å². The first-order valence-electron chi connectivity index (χ1n) is 14.5. The van der Waals surface area contributed by atoms with E-state index in [0.29, 0.717) is 49.3 Å². The lowest BCUT2D eigenvalue weighted by Gasteiger charge is -2.26. The molecule has 0 aliphatic carbocycles. The Balaban J connectivity index is 1.53. The third-order valence-corrected chi connectivity index (χ3v) is 9.12. The van der Waals surface area contributed by atoms with Crippen molar-refractivity contribution in [1.29, 1.82) is 0 Å². The van der Waals surface area contributed by atoms with Crippen LogP contribution in [0, 0.1) is 0 Å². The van der Waals surface area contributed by atoms with E-state index < -0.39 is 12.0 Å². The summed E-state index contributed by atoms with van der Waals surface area (Å²) in [7, 11) is 1.59. The van der Waals surface area contributed by atoms with E-state index in [1.807, 2.05) is 66.7 Å². The number of hydrogen-bond acceptors (Lipinski definition) is 7. The molecule has 0 saturated carbocycles. The van der Waals surface area contributed by atoms with Crippen LogP contribution in [0.15, 0.2) is 117 Å². The summed E-state index contributed by atoms with van der Waals surface area (Å²) < 4.78 is 20.1. The standard InChI is InChI=1S/C36H28BrClN2O5S/c1-3-44-35(42)31-32(23-7-5-4-6-8-23)39-36-40(33(31)24-11-16-28(43-2)17-12-24)34(41)30(46-36)20-25-19-27(38)15-18-29(25)45-21-22-9-13-26(37)14-10-22/h4-20,33H,3,21H2,1-2H3/b30-20-/t33-/m1/s1. The molecular weight excluding hydrogens is 688 g/mol. The second kappa shape index (κ2) is 13.9. The number of nitrogens with zero attached hydrogens (tertiary/aromatic N) is 2. The van der Waals surface area contributed by atoms with Crippen molar-refractivity contribution in [2.45, 2.75) is 19.6 Å². The first-order valence-corrected chi connectivity index (χ1v) is 16.4. The Hall–Kier alpha value is -4.44. The lowest BCUT2D eigenvalue weighted by atomic mass is 9.93. The number of methoxy groups -OCH3 is 1. The number of carbonyl (C=O) groups is 1. The Morgan fingerprint density at radius 3 is 2.46 bits per heavy atom. The van der Waals surface area contributed by atoms with Crippen molar-refractivity contribution in [1.82, 2.24) is 4.57 Å². The van der Waals surface area contributed by atoms with Gasteiger partial charge in [0.15, 0.2) is 4.80 Å². The van der Waals surface area contributed by atoms with Crippen LogP contribution in [0.25, 0.3) is 11.8 Å². The van der Waals surface area contributed by atoms with Gasteiger partial charge in [0.1, 0.15) is 18.1 Å². The van der Waals surface area contributed by atoms with Crippen LogP contribution in [0.1, 0.15) is 35.2 Å². The number of aromatic nitrogens is 1. The minimum atomic E-state index is -0.800. The Bertz CT molecular complexity index is 2110. The molecule has 0 amide bonds. The summed E-state index contributed by atoms with van der Waals surface area (Å²) >= 11 is 11.1. The SMILES string of the molecule is CCOC(=O)C1=C(c2ccccc2)N=c2s/c(=C\c3cc(Cl)ccc3OCc3ccc(Br)cc3)c(=O)n2[C@@H]1c1ccc(OC)cc1. The molecule has 0 N–H and O–H groups in total. The fourth-order valence-corrected chi connectivity index (χ4v) is 6.63. The van der Waals surface area contributed by atoms with Crippen LogP contribution in [0.5, 0.6) is 11.5 Å². The third kappa shape index (κ3) is 6.58. The number of rotatable bonds is 9. The second-order valence-corrected chi connectivity index (χ2v) is 12.7. The predicted molar refractivity (Wildman–Crippen MR) is 184 cm³/mol. The molecule has 5 aromatic rings. The predicted octanol–water partition coefficient (Wildman–Crippen LogP) is 6.94. The zero-order valence-electron chi connectivity index (χ0n) is 24.9. The van der Waals surface area contributed by atoms with Crippen LogP contribution < -0.4 is 24.4 Å². The molecule has 0 spiro atoms. The van der Waals surface area contributed by atoms with Crippen molar-refractivity contribution in [2.24, 2.45) is 4.99 Å². The maximum Gasteiger partial charge on any atom is 0.338 e. The van der Waals surface area contributed by atoms with E-state index in [-0.39, 0.29) is 17.7 Å². The van der Waals surface area contributed by atoms with Gasteiger partial charge in [-0.3, -0.25) is 9.36 Å². The van der Waals surface area contributed by atoms with Crippen LogP contribution >= 0.6 is 38.9 Å². The quantitative estimate of drug-likeness (QED) is 0.155. The summed E-state index contributed by atoms with van der Waals surface area (Å²) in [6.07, 6.45) is 1.76. The number of ether oxygens (including phenoxy) is 3. The van der Waals surface area contributed by atoms with Crippen molar-refractivity contribution in [3.05, 3.63) is 154 Å². The molecule has 0 radical (unpaired) electrons. The van der Waals surface area contributed by atoms with Crippen molar-refractivity contribution in [3.8, 4) is 11.5 Å². The van der Waals surface area contributed by atoms with Crippen molar-refractivity contribution < 1.29 is 19.0 Å². The lowest BCUT2D eigenvalue weighted by molar-refractivity contribution is -0.138. The van der Waals surface area contributed by atoms with Crippen molar-refractivity contribution in [2.75, 3.05) is 13.7 Å². The molecule has 1 aromatic heterocycles. The molecule has 46 heavy (non-hydrogen) atoms. The topological polar surface area (TPSA) is 79.1 Å². The van der Waals surface area contributed by atoms with E-state index in [0.717, 1.165) is 15.6 Å². The van der Waals surface area contributed by atoms with Crippen molar-refractivity contribution >= 4 is 56.6 Å². The molecular formula is C36H28BrClN2O5S. The first kappa shape index (κ1) is 31.5. The fourth-order valence-electron chi connectivity index (χ4n) is 5.19. The Kier molecular flexibility index (Phi) is 9.53. The van der Waals surface area contributed by atoms with Crippen LogP contribution in [-0.4, -0.2) is 24.3 Å². The Labute approximate surface area is 282 Å². The first-order chi connectivity index (χ1) is 22.4. The molecule has 10 heteroatoms. The molecule has 1 atom stereocenters. The van der Waals surface area contributed by atoms with Crippen LogP contribution in [0.2, 0.25) is 5.02 Å².